The van der Waals surface area contributed by atoms with E-state index >= 15 is 0 Å². The van der Waals surface area contributed by atoms with Crippen LogP contribution in [-0.4, -0.2) is 30.8 Å². The van der Waals surface area contributed by atoms with Gasteiger partial charge in [0.05, 0.1) is 0 Å². The molecule has 18 heavy (non-hydrogen) atoms. The third-order valence-corrected chi connectivity index (χ3v) is 2.29. The number of para-hydroxylation sites is 1. The Bertz CT molecular complexity index is 372. The molecule has 0 saturated heterocycles. The molecule has 0 amide bonds. The molecular formula is C13H17F2NO2. The van der Waals surface area contributed by atoms with E-state index in [0.29, 0.717) is 18.9 Å². The smallest absolute Gasteiger partial charge is 0.265 e. The molecule has 5 heteroatoms. The van der Waals surface area contributed by atoms with Crippen molar-refractivity contribution in [2.75, 3.05) is 13.2 Å². The van der Waals surface area contributed by atoms with Crippen LogP contribution in [0.4, 0.5) is 8.78 Å². The normalized spacial score (nSPS) is 12.4. The molecule has 1 aromatic carbocycles. The van der Waals surface area contributed by atoms with E-state index in [1.807, 2.05) is 18.2 Å². The highest BCUT2D eigenvalue weighted by Crippen LogP contribution is 2.17. The van der Waals surface area contributed by atoms with E-state index < -0.39 is 12.5 Å². The van der Waals surface area contributed by atoms with Crippen molar-refractivity contribution in [3.8, 4) is 5.75 Å². The Morgan fingerprint density at radius 2 is 2.11 bits per heavy atom. The molecule has 2 N–H and O–H groups in total. The Morgan fingerprint density at radius 3 is 2.78 bits per heavy atom. The van der Waals surface area contributed by atoms with Crippen molar-refractivity contribution in [2.45, 2.75) is 19.1 Å². The number of benzene rings is 1. The molecule has 100 valence electrons. The first-order valence-electron chi connectivity index (χ1n) is 5.63. The highest BCUT2D eigenvalue weighted by molar-refractivity contribution is 5.33. The first-order chi connectivity index (χ1) is 8.65. The zero-order chi connectivity index (χ0) is 13.4. The van der Waals surface area contributed by atoms with Gasteiger partial charge in [-0.3, -0.25) is 0 Å². The number of hydrogen-bond donors (Lipinski definition) is 2. The number of aliphatic hydroxyl groups excluding tert-OH is 1. The van der Waals surface area contributed by atoms with Crippen molar-refractivity contribution >= 4 is 0 Å². The zero-order valence-corrected chi connectivity index (χ0v) is 9.98. The third kappa shape index (κ3) is 4.81. The van der Waals surface area contributed by atoms with Gasteiger partial charge in [0.2, 0.25) is 0 Å². The number of hydrogen-bond acceptors (Lipinski definition) is 3. The van der Waals surface area contributed by atoms with E-state index in [1.165, 1.54) is 0 Å². The quantitative estimate of drug-likeness (QED) is 0.700. The van der Waals surface area contributed by atoms with Gasteiger partial charge in [0.15, 0.2) is 0 Å². The molecule has 1 aromatic rings. The van der Waals surface area contributed by atoms with Crippen LogP contribution in [0.15, 0.2) is 36.9 Å². The summed E-state index contributed by atoms with van der Waals surface area (Å²) in [6, 6.07) is 7.29. The lowest BCUT2D eigenvalue weighted by Crippen LogP contribution is -2.31. The summed E-state index contributed by atoms with van der Waals surface area (Å²) in [4.78, 5) is 0. The molecular weight excluding hydrogens is 240 g/mol. The van der Waals surface area contributed by atoms with Gasteiger partial charge in [-0.1, -0.05) is 30.9 Å². The lowest BCUT2D eigenvalue weighted by atomic mass is 10.2. The standard InChI is InChI=1S/C13H17F2NO2/c1-2-7-18-12-6-4-3-5-10(12)8-16-9-11(17)13(14)15/h2-6,11,13,16-17H,1,7-9H2. The lowest BCUT2D eigenvalue weighted by molar-refractivity contribution is -0.00342. The number of alkyl halides is 2. The van der Waals surface area contributed by atoms with E-state index in [4.69, 9.17) is 9.84 Å². The fourth-order valence-corrected chi connectivity index (χ4v) is 1.38. The fraction of sp³-hybridized carbons (Fsp3) is 0.385. The average Bonchev–Trinajstić information content (AvgIpc) is 2.37. The monoisotopic (exact) mass is 257 g/mol. The van der Waals surface area contributed by atoms with E-state index in [2.05, 4.69) is 11.9 Å². The minimum atomic E-state index is -2.73. The van der Waals surface area contributed by atoms with Gasteiger partial charge in [-0.25, -0.2) is 8.78 Å². The van der Waals surface area contributed by atoms with Crippen molar-refractivity contribution < 1.29 is 18.6 Å². The molecule has 3 nitrogen and oxygen atoms in total. The molecule has 0 radical (unpaired) electrons. The van der Waals surface area contributed by atoms with Gasteiger partial charge in [0.25, 0.3) is 6.43 Å². The molecule has 0 aliphatic carbocycles. The number of ether oxygens (including phenoxy) is 1. The second kappa shape index (κ2) is 7.79. The fourth-order valence-electron chi connectivity index (χ4n) is 1.38. The van der Waals surface area contributed by atoms with Gasteiger partial charge in [0.1, 0.15) is 18.5 Å². The van der Waals surface area contributed by atoms with Crippen LogP contribution in [0.2, 0.25) is 0 Å². The highest BCUT2D eigenvalue weighted by atomic mass is 19.3. The van der Waals surface area contributed by atoms with Crippen LogP contribution < -0.4 is 10.1 Å². The predicted molar refractivity (Wildman–Crippen MR) is 65.9 cm³/mol. The van der Waals surface area contributed by atoms with Crippen LogP contribution in [-0.2, 0) is 6.54 Å². The molecule has 1 atom stereocenters. The summed E-state index contributed by atoms with van der Waals surface area (Å²) in [5.41, 5.74) is 0.848. The summed E-state index contributed by atoms with van der Waals surface area (Å²) in [6.07, 6.45) is -2.75. The van der Waals surface area contributed by atoms with Crippen molar-refractivity contribution in [1.82, 2.24) is 5.32 Å². The summed E-state index contributed by atoms with van der Waals surface area (Å²) in [5.74, 6) is 0.677. The van der Waals surface area contributed by atoms with Gasteiger partial charge < -0.3 is 15.2 Å². The third-order valence-electron chi connectivity index (χ3n) is 2.29. The first kappa shape index (κ1) is 14.6. The van der Waals surface area contributed by atoms with Crippen molar-refractivity contribution in [1.29, 1.82) is 0 Å². The van der Waals surface area contributed by atoms with Crippen LogP contribution >= 0.6 is 0 Å². The minimum absolute atomic E-state index is 0.159. The largest absolute Gasteiger partial charge is 0.489 e. The summed E-state index contributed by atoms with van der Waals surface area (Å²) >= 11 is 0. The molecule has 0 aliphatic rings. The molecule has 1 rings (SSSR count). The number of halogens is 2. The summed E-state index contributed by atoms with van der Waals surface area (Å²) in [7, 11) is 0. The van der Waals surface area contributed by atoms with Crippen LogP contribution in [0.1, 0.15) is 5.56 Å². The molecule has 0 bridgehead atoms. The summed E-state index contributed by atoms with van der Waals surface area (Å²) in [5, 5.41) is 11.7. The lowest BCUT2D eigenvalue weighted by Gasteiger charge is -2.13. The van der Waals surface area contributed by atoms with E-state index in [1.54, 1.807) is 12.1 Å². The second-order valence-electron chi connectivity index (χ2n) is 3.74. The summed E-state index contributed by atoms with van der Waals surface area (Å²) < 4.78 is 29.6. The van der Waals surface area contributed by atoms with Gasteiger partial charge in [-0.15, -0.1) is 0 Å². The maximum absolute atomic E-state index is 12.1. The first-order valence-corrected chi connectivity index (χ1v) is 5.63. The molecule has 0 spiro atoms. The zero-order valence-electron chi connectivity index (χ0n) is 9.98. The van der Waals surface area contributed by atoms with Crippen LogP contribution in [0.25, 0.3) is 0 Å². The van der Waals surface area contributed by atoms with Gasteiger partial charge >= 0.3 is 0 Å². The number of aliphatic hydroxyl groups is 1. The Balaban J connectivity index is 2.48. The Morgan fingerprint density at radius 1 is 1.39 bits per heavy atom. The SMILES string of the molecule is C=CCOc1ccccc1CNCC(O)C(F)F. The average molecular weight is 257 g/mol. The van der Waals surface area contributed by atoms with E-state index in [9.17, 15) is 8.78 Å². The van der Waals surface area contributed by atoms with Crippen molar-refractivity contribution in [3.05, 3.63) is 42.5 Å². The maximum Gasteiger partial charge on any atom is 0.265 e. The van der Waals surface area contributed by atoms with Gasteiger partial charge in [-0.05, 0) is 6.07 Å². The van der Waals surface area contributed by atoms with Crippen molar-refractivity contribution in [3.63, 3.8) is 0 Å². The Kier molecular flexibility index (Phi) is 6.32. The number of rotatable bonds is 8. The van der Waals surface area contributed by atoms with Crippen LogP contribution in [0.3, 0.4) is 0 Å². The van der Waals surface area contributed by atoms with Crippen LogP contribution in [0, 0.1) is 0 Å². The molecule has 0 aromatic heterocycles. The van der Waals surface area contributed by atoms with Gasteiger partial charge in [0, 0.05) is 18.7 Å². The summed E-state index contributed by atoms with van der Waals surface area (Å²) in [6.45, 7) is 4.14. The van der Waals surface area contributed by atoms with Crippen LogP contribution in [0.5, 0.6) is 5.75 Å². The molecule has 0 saturated carbocycles. The maximum atomic E-state index is 12.1. The molecule has 1 unspecified atom stereocenters. The molecule has 0 heterocycles. The Labute approximate surface area is 105 Å². The topological polar surface area (TPSA) is 41.5 Å². The van der Waals surface area contributed by atoms with Crippen molar-refractivity contribution in [2.24, 2.45) is 0 Å². The second-order valence-corrected chi connectivity index (χ2v) is 3.74. The van der Waals surface area contributed by atoms with E-state index in [0.717, 1.165) is 5.56 Å². The Hall–Kier alpha value is -1.46. The molecule has 0 aliphatic heterocycles. The molecule has 0 fully saturated rings. The highest BCUT2D eigenvalue weighted by Gasteiger charge is 2.15. The van der Waals surface area contributed by atoms with E-state index in [-0.39, 0.29) is 6.54 Å². The number of nitrogens with one attached hydrogen (secondary N) is 1. The van der Waals surface area contributed by atoms with Gasteiger partial charge in [-0.2, -0.15) is 0 Å². The predicted octanol–water partition coefficient (Wildman–Crippen LogP) is 1.97. The minimum Gasteiger partial charge on any atom is -0.489 e.